The predicted octanol–water partition coefficient (Wildman–Crippen LogP) is 3.80. The molecule has 132 valence electrons. The Kier molecular flexibility index (Phi) is 6.95. The molecular weight excluding hydrogens is 340 g/mol. The summed E-state index contributed by atoms with van der Waals surface area (Å²) in [5.74, 6) is -0.866. The van der Waals surface area contributed by atoms with Gasteiger partial charge in [0, 0.05) is 12.6 Å². The van der Waals surface area contributed by atoms with Crippen LogP contribution in [0.4, 0.5) is 5.69 Å². The fourth-order valence-corrected chi connectivity index (χ4v) is 2.38. The maximum atomic E-state index is 12.1. The zero-order valence-electron chi connectivity index (χ0n) is 14.3. The Morgan fingerprint density at radius 2 is 1.88 bits per heavy atom. The predicted molar refractivity (Wildman–Crippen MR) is 97.6 cm³/mol. The summed E-state index contributed by atoms with van der Waals surface area (Å²) in [4.78, 5) is 27.9. The maximum Gasteiger partial charge on any atom is 0.306 e. The topological polar surface area (TPSA) is 68.3 Å². The maximum absolute atomic E-state index is 12.1. The van der Waals surface area contributed by atoms with E-state index in [-0.39, 0.29) is 11.6 Å². The lowest BCUT2D eigenvalue weighted by atomic mass is 10.1. The highest BCUT2D eigenvalue weighted by atomic mass is 35.5. The second-order valence-electron chi connectivity index (χ2n) is 5.63. The van der Waals surface area contributed by atoms with Gasteiger partial charge in [-0.05, 0) is 43.0 Å². The molecule has 0 aliphatic heterocycles. The average Bonchev–Trinajstić information content (AvgIpc) is 2.62. The molecule has 1 aromatic carbocycles. The Hall–Kier alpha value is -2.40. The number of benzene rings is 1. The van der Waals surface area contributed by atoms with E-state index in [1.165, 1.54) is 18.7 Å². The second kappa shape index (κ2) is 9.18. The van der Waals surface area contributed by atoms with E-state index in [1.54, 1.807) is 12.1 Å². The lowest BCUT2D eigenvalue weighted by molar-refractivity contribution is -0.153. The first-order valence-electron chi connectivity index (χ1n) is 8.18. The molecular formula is C19H21ClN2O3. The molecule has 0 spiro atoms. The summed E-state index contributed by atoms with van der Waals surface area (Å²) in [6.07, 6.45) is 2.39. The normalized spacial score (nSPS) is 11.6. The number of ether oxygens (including phenoxy) is 1. The number of esters is 1. The highest BCUT2D eigenvalue weighted by Gasteiger charge is 2.18. The zero-order chi connectivity index (χ0) is 18.2. The molecule has 1 aromatic heterocycles. The average molecular weight is 361 g/mol. The van der Waals surface area contributed by atoms with Gasteiger partial charge >= 0.3 is 5.97 Å². The summed E-state index contributed by atoms with van der Waals surface area (Å²) < 4.78 is 5.18. The number of amides is 1. The van der Waals surface area contributed by atoms with Crippen molar-refractivity contribution in [1.29, 1.82) is 0 Å². The lowest BCUT2D eigenvalue weighted by Gasteiger charge is -2.14. The van der Waals surface area contributed by atoms with Gasteiger partial charge in [0.25, 0.3) is 5.91 Å². The number of hydrogen-bond donors (Lipinski definition) is 1. The van der Waals surface area contributed by atoms with Gasteiger partial charge in [-0.3, -0.25) is 9.59 Å². The fourth-order valence-electron chi connectivity index (χ4n) is 2.21. The third-order valence-corrected chi connectivity index (χ3v) is 4.04. The van der Waals surface area contributed by atoms with Crippen LogP contribution in [0.25, 0.3) is 0 Å². The van der Waals surface area contributed by atoms with Crippen LogP contribution in [0.2, 0.25) is 5.15 Å². The molecule has 0 unspecified atom stereocenters. The van der Waals surface area contributed by atoms with Gasteiger partial charge in [-0.25, -0.2) is 4.98 Å². The number of aryl methyl sites for hydroxylation is 2. The molecule has 2 aromatic rings. The Balaban J connectivity index is 1.80. The van der Waals surface area contributed by atoms with Crippen molar-refractivity contribution in [2.24, 2.45) is 0 Å². The van der Waals surface area contributed by atoms with Gasteiger partial charge in [-0.15, -0.1) is 0 Å². The van der Waals surface area contributed by atoms with Crippen molar-refractivity contribution in [1.82, 2.24) is 4.98 Å². The van der Waals surface area contributed by atoms with Crippen LogP contribution in [0.5, 0.6) is 0 Å². The summed E-state index contributed by atoms with van der Waals surface area (Å²) in [6, 6.07) is 11.4. The smallest absolute Gasteiger partial charge is 0.306 e. The highest BCUT2D eigenvalue weighted by Crippen LogP contribution is 2.18. The Labute approximate surface area is 152 Å². The lowest BCUT2D eigenvalue weighted by Crippen LogP contribution is -2.30. The van der Waals surface area contributed by atoms with E-state index < -0.39 is 18.0 Å². The number of anilines is 1. The van der Waals surface area contributed by atoms with Crippen LogP contribution >= 0.6 is 11.6 Å². The number of pyridine rings is 1. The molecule has 1 heterocycles. The third kappa shape index (κ3) is 5.87. The van der Waals surface area contributed by atoms with E-state index in [4.69, 9.17) is 16.3 Å². The van der Waals surface area contributed by atoms with E-state index in [1.807, 2.05) is 24.3 Å². The van der Waals surface area contributed by atoms with E-state index in [9.17, 15) is 9.59 Å². The molecule has 1 N–H and O–H groups in total. The van der Waals surface area contributed by atoms with Gasteiger partial charge in [0.1, 0.15) is 0 Å². The minimum Gasteiger partial charge on any atom is -0.453 e. The number of nitrogens with one attached hydrogen (secondary N) is 1. The van der Waals surface area contributed by atoms with Crippen molar-refractivity contribution >= 4 is 29.2 Å². The van der Waals surface area contributed by atoms with Crippen LogP contribution in [0.15, 0.2) is 42.6 Å². The number of aromatic nitrogens is 1. The summed E-state index contributed by atoms with van der Waals surface area (Å²) in [6.45, 7) is 3.62. The van der Waals surface area contributed by atoms with Crippen LogP contribution in [-0.2, 0) is 27.2 Å². The highest BCUT2D eigenvalue weighted by molar-refractivity contribution is 6.32. The molecule has 0 radical (unpaired) electrons. The largest absolute Gasteiger partial charge is 0.453 e. The van der Waals surface area contributed by atoms with E-state index in [2.05, 4.69) is 17.2 Å². The molecule has 0 bridgehead atoms. The van der Waals surface area contributed by atoms with Crippen molar-refractivity contribution in [2.75, 3.05) is 5.32 Å². The first-order valence-corrected chi connectivity index (χ1v) is 8.56. The minimum atomic E-state index is -0.911. The number of rotatable bonds is 7. The molecule has 0 aliphatic carbocycles. The molecule has 0 saturated carbocycles. The van der Waals surface area contributed by atoms with Crippen molar-refractivity contribution < 1.29 is 14.3 Å². The quantitative estimate of drug-likeness (QED) is 0.602. The van der Waals surface area contributed by atoms with Crippen LogP contribution in [0.3, 0.4) is 0 Å². The molecule has 6 heteroatoms. The second-order valence-corrected chi connectivity index (χ2v) is 5.99. The number of nitrogens with zero attached hydrogens (tertiary/aromatic N) is 1. The molecule has 25 heavy (non-hydrogen) atoms. The molecule has 0 aliphatic rings. The Bertz CT molecular complexity index is 732. The van der Waals surface area contributed by atoms with E-state index >= 15 is 0 Å². The number of carbonyl (C=O) groups excluding carboxylic acids is 2. The summed E-state index contributed by atoms with van der Waals surface area (Å²) in [5.41, 5.74) is 2.70. The summed E-state index contributed by atoms with van der Waals surface area (Å²) in [7, 11) is 0. The summed E-state index contributed by atoms with van der Waals surface area (Å²) in [5, 5.41) is 2.78. The summed E-state index contributed by atoms with van der Waals surface area (Å²) >= 11 is 5.88. The first kappa shape index (κ1) is 18.9. The monoisotopic (exact) mass is 360 g/mol. The van der Waals surface area contributed by atoms with Crippen molar-refractivity contribution in [3.8, 4) is 0 Å². The van der Waals surface area contributed by atoms with Gasteiger partial charge < -0.3 is 10.1 Å². The third-order valence-electron chi connectivity index (χ3n) is 3.74. The van der Waals surface area contributed by atoms with Gasteiger partial charge in [-0.2, -0.15) is 0 Å². The number of carbonyl (C=O) groups is 2. The standard InChI is InChI=1S/C19H21ClN2O3/c1-3-14-6-8-15(9-7-14)10-11-17(23)25-13(2)19(24)22-16-5-4-12-21-18(16)20/h4-9,12-13H,3,10-11H2,1-2H3,(H,22,24)/t13-/m0/s1. The van der Waals surface area contributed by atoms with Crippen LogP contribution < -0.4 is 5.32 Å². The SMILES string of the molecule is CCc1ccc(CCC(=O)O[C@@H](C)C(=O)Nc2cccnc2Cl)cc1. The first-order chi connectivity index (χ1) is 12.0. The molecule has 0 fully saturated rings. The molecule has 5 nitrogen and oxygen atoms in total. The fraction of sp³-hybridized carbons (Fsp3) is 0.316. The van der Waals surface area contributed by atoms with Gasteiger partial charge in [0.2, 0.25) is 0 Å². The van der Waals surface area contributed by atoms with E-state index in [0.717, 1.165) is 12.0 Å². The van der Waals surface area contributed by atoms with Gasteiger partial charge in [-0.1, -0.05) is 42.8 Å². The molecule has 2 rings (SSSR count). The Morgan fingerprint density at radius 3 is 2.52 bits per heavy atom. The van der Waals surface area contributed by atoms with Crippen molar-refractivity contribution in [3.63, 3.8) is 0 Å². The molecule has 1 atom stereocenters. The zero-order valence-corrected chi connectivity index (χ0v) is 15.0. The minimum absolute atomic E-state index is 0.185. The van der Waals surface area contributed by atoms with Crippen LogP contribution in [-0.4, -0.2) is 23.0 Å². The van der Waals surface area contributed by atoms with Crippen molar-refractivity contribution in [2.45, 2.75) is 39.2 Å². The number of halogens is 1. The molecule has 1 amide bonds. The van der Waals surface area contributed by atoms with E-state index in [0.29, 0.717) is 12.1 Å². The molecule has 0 saturated heterocycles. The van der Waals surface area contributed by atoms with Gasteiger partial charge in [0.05, 0.1) is 5.69 Å². The van der Waals surface area contributed by atoms with Crippen LogP contribution in [0.1, 0.15) is 31.4 Å². The van der Waals surface area contributed by atoms with Gasteiger partial charge in [0.15, 0.2) is 11.3 Å². The Morgan fingerprint density at radius 1 is 1.20 bits per heavy atom. The number of hydrogen-bond acceptors (Lipinski definition) is 4. The van der Waals surface area contributed by atoms with Crippen molar-refractivity contribution in [3.05, 3.63) is 58.9 Å². The van der Waals surface area contributed by atoms with Crippen LogP contribution in [0, 0.1) is 0 Å².